The lowest BCUT2D eigenvalue weighted by molar-refractivity contribution is 0.432. The molecule has 0 saturated heterocycles. The number of hydrogen-bond acceptors (Lipinski definition) is 5. The van der Waals surface area contributed by atoms with Crippen LogP contribution < -0.4 is 22.8 Å². The van der Waals surface area contributed by atoms with Crippen molar-refractivity contribution in [3.63, 3.8) is 0 Å². The van der Waals surface area contributed by atoms with Crippen molar-refractivity contribution >= 4 is 17.5 Å². The average Bonchev–Trinajstić information content (AvgIpc) is 2.77. The predicted octanol–water partition coefficient (Wildman–Crippen LogP) is 3.71. The zero-order valence-electron chi connectivity index (χ0n) is 19.6. The summed E-state index contributed by atoms with van der Waals surface area (Å²) in [4.78, 5) is 14.0. The molecule has 0 radical (unpaired) electrons. The summed E-state index contributed by atoms with van der Waals surface area (Å²) >= 11 is 0. The summed E-state index contributed by atoms with van der Waals surface area (Å²) in [7, 11) is 0. The van der Waals surface area contributed by atoms with Crippen LogP contribution in [0, 0.1) is 5.41 Å². The third-order valence-corrected chi connectivity index (χ3v) is 4.74. The fraction of sp³-hybridized carbons (Fsp3) is 0.417. The van der Waals surface area contributed by atoms with E-state index in [-0.39, 0.29) is 5.41 Å². The summed E-state index contributed by atoms with van der Waals surface area (Å²) in [5.74, 6) is 12.8. The van der Waals surface area contributed by atoms with Gasteiger partial charge in [0.1, 0.15) is 11.7 Å². The van der Waals surface area contributed by atoms with Gasteiger partial charge in [-0.3, -0.25) is 9.98 Å². The van der Waals surface area contributed by atoms with Crippen LogP contribution >= 0.6 is 0 Å². The first-order valence-electron chi connectivity index (χ1n) is 10.9. The van der Waals surface area contributed by atoms with Crippen LogP contribution in [0.3, 0.4) is 0 Å². The number of rotatable bonds is 8. The van der Waals surface area contributed by atoms with E-state index >= 15 is 0 Å². The molecule has 0 bridgehead atoms. The fourth-order valence-corrected chi connectivity index (χ4v) is 3.14. The molecule has 0 saturated carbocycles. The van der Waals surface area contributed by atoms with Crippen LogP contribution in [0.15, 0.2) is 57.7 Å². The number of pyridine rings is 1. The standard InChI is InChI=1S/C24H36N8/c1-5-6-11-21(25)30-22(14-24(2,3)4)29-16-17-12-13-20(28-15-17)18-9-7-8-10-19(18)23(31-26)32-27/h7-10,12-13,15H,5-6,11,14,16,26-27H2,1-4H3,(H,31,32)(H2,25,29,30). The molecule has 172 valence electrons. The number of hydrogen-bond donors (Lipinski definition) is 4. The van der Waals surface area contributed by atoms with E-state index in [2.05, 4.69) is 48.2 Å². The summed E-state index contributed by atoms with van der Waals surface area (Å²) in [6.07, 6.45) is 5.49. The summed E-state index contributed by atoms with van der Waals surface area (Å²) in [6.45, 7) is 9.14. The lowest BCUT2D eigenvalue weighted by atomic mass is 9.92. The molecule has 0 aliphatic carbocycles. The molecule has 0 spiro atoms. The van der Waals surface area contributed by atoms with Gasteiger partial charge in [0.05, 0.1) is 12.2 Å². The number of hydrazine groups is 1. The second kappa shape index (κ2) is 12.0. The van der Waals surface area contributed by atoms with Crippen molar-refractivity contribution in [1.82, 2.24) is 10.4 Å². The number of unbranched alkanes of at least 4 members (excludes halogenated alkanes) is 1. The molecule has 8 nitrogen and oxygen atoms in total. The molecule has 8 heteroatoms. The third kappa shape index (κ3) is 7.77. The zero-order chi connectivity index (χ0) is 23.6. The molecule has 1 aromatic carbocycles. The van der Waals surface area contributed by atoms with Crippen molar-refractivity contribution in [3.8, 4) is 11.3 Å². The molecule has 0 amide bonds. The van der Waals surface area contributed by atoms with E-state index in [1.54, 1.807) is 0 Å². The SMILES string of the molecule is CCCCC(N)=NC(CC(C)(C)C)=NCc1ccc(-c2ccccc2/C(=N/N)NN)nc1. The van der Waals surface area contributed by atoms with Gasteiger partial charge in [0.25, 0.3) is 0 Å². The minimum Gasteiger partial charge on any atom is -0.387 e. The highest BCUT2D eigenvalue weighted by molar-refractivity contribution is 6.03. The number of aromatic nitrogens is 1. The van der Waals surface area contributed by atoms with Crippen molar-refractivity contribution in [3.05, 3.63) is 53.7 Å². The van der Waals surface area contributed by atoms with Gasteiger partial charge in [0.15, 0.2) is 5.84 Å². The van der Waals surface area contributed by atoms with Crippen molar-refractivity contribution < 1.29 is 0 Å². The van der Waals surface area contributed by atoms with Crippen molar-refractivity contribution in [2.75, 3.05) is 0 Å². The summed E-state index contributed by atoms with van der Waals surface area (Å²) in [5.41, 5.74) is 12.2. The predicted molar refractivity (Wildman–Crippen MR) is 134 cm³/mol. The Hall–Kier alpha value is -3.26. The van der Waals surface area contributed by atoms with Crippen LogP contribution in [-0.2, 0) is 6.54 Å². The molecular weight excluding hydrogens is 400 g/mol. The summed E-state index contributed by atoms with van der Waals surface area (Å²) in [5, 5.41) is 3.71. The number of amidine groups is 3. The molecule has 32 heavy (non-hydrogen) atoms. The Labute approximate surface area is 191 Å². The number of hydrazone groups is 1. The quantitative estimate of drug-likeness (QED) is 0.216. The molecular formula is C24H36N8. The van der Waals surface area contributed by atoms with E-state index in [1.165, 1.54) is 0 Å². The van der Waals surface area contributed by atoms with Crippen molar-refractivity contribution in [1.29, 1.82) is 0 Å². The third-order valence-electron chi connectivity index (χ3n) is 4.74. The monoisotopic (exact) mass is 436 g/mol. The number of nitrogens with two attached hydrogens (primary N) is 3. The van der Waals surface area contributed by atoms with E-state index in [0.29, 0.717) is 18.2 Å². The van der Waals surface area contributed by atoms with E-state index < -0.39 is 0 Å². The molecule has 0 unspecified atom stereocenters. The maximum atomic E-state index is 6.12. The lowest BCUT2D eigenvalue weighted by Gasteiger charge is -2.18. The molecule has 7 N–H and O–H groups in total. The second-order valence-corrected chi connectivity index (χ2v) is 8.90. The van der Waals surface area contributed by atoms with Crippen molar-refractivity contribution in [2.45, 2.75) is 59.9 Å². The Morgan fingerprint density at radius 3 is 2.47 bits per heavy atom. The second-order valence-electron chi connectivity index (χ2n) is 8.90. The van der Waals surface area contributed by atoms with Gasteiger partial charge >= 0.3 is 0 Å². The number of nitrogens with one attached hydrogen (secondary N) is 1. The van der Waals surface area contributed by atoms with Crippen molar-refractivity contribution in [2.24, 2.45) is 37.9 Å². The number of nitrogens with zero attached hydrogens (tertiary/aromatic N) is 4. The number of benzene rings is 1. The minimum absolute atomic E-state index is 0.0679. The Morgan fingerprint density at radius 1 is 1.12 bits per heavy atom. The van der Waals surface area contributed by atoms with E-state index in [0.717, 1.165) is 53.9 Å². The molecule has 2 rings (SSSR count). The largest absolute Gasteiger partial charge is 0.387 e. The Bertz CT molecular complexity index is 953. The molecule has 0 atom stereocenters. The lowest BCUT2D eigenvalue weighted by Crippen LogP contribution is -2.32. The van der Waals surface area contributed by atoms with E-state index in [4.69, 9.17) is 22.4 Å². The van der Waals surface area contributed by atoms with Gasteiger partial charge in [-0.05, 0) is 23.5 Å². The Kier molecular flexibility index (Phi) is 9.34. The first-order valence-corrected chi connectivity index (χ1v) is 10.9. The Morgan fingerprint density at radius 2 is 1.88 bits per heavy atom. The van der Waals surface area contributed by atoms with Gasteiger partial charge in [-0.25, -0.2) is 10.8 Å². The minimum atomic E-state index is 0.0679. The molecule has 0 aliphatic rings. The highest BCUT2D eigenvalue weighted by Gasteiger charge is 2.15. The van der Waals surface area contributed by atoms with Crippen LogP contribution in [0.1, 0.15) is 64.5 Å². The van der Waals surface area contributed by atoms with Gasteiger partial charge in [0.2, 0.25) is 0 Å². The van der Waals surface area contributed by atoms with E-state index in [9.17, 15) is 0 Å². The summed E-state index contributed by atoms with van der Waals surface area (Å²) < 4.78 is 0. The van der Waals surface area contributed by atoms with Gasteiger partial charge in [-0.15, -0.1) is 0 Å². The van der Waals surface area contributed by atoms with Crippen LogP contribution in [0.2, 0.25) is 0 Å². The van der Waals surface area contributed by atoms with Gasteiger partial charge in [-0.1, -0.05) is 64.4 Å². The molecule has 0 aliphatic heterocycles. The highest BCUT2D eigenvalue weighted by Crippen LogP contribution is 2.23. The van der Waals surface area contributed by atoms with Gasteiger partial charge < -0.3 is 17.0 Å². The molecule has 1 aromatic heterocycles. The first kappa shape index (κ1) is 25.0. The molecule has 2 aromatic rings. The zero-order valence-corrected chi connectivity index (χ0v) is 19.6. The number of aliphatic imine (C=N–C) groups is 2. The first-order chi connectivity index (χ1) is 15.3. The fourth-order valence-electron chi connectivity index (χ4n) is 3.14. The smallest absolute Gasteiger partial charge is 0.167 e. The average molecular weight is 437 g/mol. The van der Waals surface area contributed by atoms with Gasteiger partial charge in [-0.2, -0.15) is 5.10 Å². The normalized spacial score (nSPS) is 13.3. The van der Waals surface area contributed by atoms with Gasteiger partial charge in [0, 0.05) is 30.2 Å². The maximum absolute atomic E-state index is 6.12. The van der Waals surface area contributed by atoms with Crippen LogP contribution in [0.25, 0.3) is 11.3 Å². The van der Waals surface area contributed by atoms with E-state index in [1.807, 2.05) is 42.6 Å². The topological polar surface area (TPSA) is 140 Å². The van der Waals surface area contributed by atoms with Crippen LogP contribution in [0.4, 0.5) is 0 Å². The molecule has 1 heterocycles. The molecule has 0 fully saturated rings. The maximum Gasteiger partial charge on any atom is 0.167 e. The highest BCUT2D eigenvalue weighted by atomic mass is 15.3. The van der Waals surface area contributed by atoms with Crippen LogP contribution in [-0.4, -0.2) is 22.5 Å². The Balaban J connectivity index is 2.24. The van der Waals surface area contributed by atoms with Crippen LogP contribution in [0.5, 0.6) is 0 Å². The summed E-state index contributed by atoms with van der Waals surface area (Å²) in [6, 6.07) is 11.6.